The summed E-state index contributed by atoms with van der Waals surface area (Å²) in [4.78, 5) is 12.8. The van der Waals surface area contributed by atoms with Crippen LogP contribution in [0.4, 0.5) is 5.82 Å². The monoisotopic (exact) mass is 497 g/mol. The molecular formula is C23H23N5O6S. The van der Waals surface area contributed by atoms with Crippen LogP contribution in [0.25, 0.3) is 5.57 Å². The number of nitrogens with one attached hydrogen (secondary N) is 1. The zero-order chi connectivity index (χ0) is 25.0. The second-order valence-electron chi connectivity index (χ2n) is 7.36. The molecular weight excluding hydrogens is 474 g/mol. The molecule has 0 bridgehead atoms. The van der Waals surface area contributed by atoms with E-state index in [1.54, 1.807) is 49.4 Å². The van der Waals surface area contributed by atoms with Crippen LogP contribution in [0.2, 0.25) is 0 Å². The lowest BCUT2D eigenvalue weighted by molar-refractivity contribution is -0.0299. The summed E-state index contributed by atoms with van der Waals surface area (Å²) < 4.78 is 45.5. The van der Waals surface area contributed by atoms with E-state index in [0.29, 0.717) is 17.1 Å². The van der Waals surface area contributed by atoms with Crippen LogP contribution < -0.4 is 18.9 Å². The molecule has 0 atom stereocenters. The molecule has 4 rings (SSSR count). The summed E-state index contributed by atoms with van der Waals surface area (Å²) in [6.45, 7) is 2.00. The van der Waals surface area contributed by atoms with Gasteiger partial charge in [-0.3, -0.25) is 15.0 Å². The Bertz CT molecular complexity index is 1390. The number of ether oxygens (including phenoxy) is 3. The van der Waals surface area contributed by atoms with E-state index < -0.39 is 10.0 Å². The molecule has 12 heteroatoms. The number of nitrogens with zero attached hydrogens (tertiary/aromatic N) is 4. The number of anilines is 1. The molecule has 35 heavy (non-hydrogen) atoms. The van der Waals surface area contributed by atoms with Crippen molar-refractivity contribution < 1.29 is 27.8 Å². The maximum Gasteiger partial charge on any atom is 0.280 e. The topological polar surface area (TPSA) is 136 Å². The molecule has 0 radical (unpaired) electrons. The summed E-state index contributed by atoms with van der Waals surface area (Å²) in [5.41, 5.74) is 1.36. The third-order valence-corrected chi connectivity index (χ3v) is 6.14. The normalized spacial score (nSPS) is 13.3. The fourth-order valence-electron chi connectivity index (χ4n) is 3.12. The van der Waals surface area contributed by atoms with Crippen LogP contribution >= 0.6 is 0 Å². The molecule has 3 heterocycles. The first-order valence-electron chi connectivity index (χ1n) is 10.4. The summed E-state index contributed by atoms with van der Waals surface area (Å²) in [5, 5.41) is 10.4. The summed E-state index contributed by atoms with van der Waals surface area (Å²) in [5.74, 6) is 0.616. The molecule has 2 aromatic heterocycles. The number of hydroxylamine groups is 2. The molecule has 182 valence electrons. The second kappa shape index (κ2) is 9.99. The maximum atomic E-state index is 13.1. The van der Waals surface area contributed by atoms with Crippen LogP contribution in [0, 0.1) is 6.92 Å². The predicted molar refractivity (Wildman–Crippen MR) is 127 cm³/mol. The molecule has 1 aliphatic heterocycles. The van der Waals surface area contributed by atoms with Gasteiger partial charge in [-0.1, -0.05) is 24.3 Å². The zero-order valence-electron chi connectivity index (χ0n) is 19.2. The largest absolute Gasteiger partial charge is 0.493 e. The Morgan fingerprint density at radius 1 is 1.06 bits per heavy atom. The minimum absolute atomic E-state index is 0.0174. The standard InChI is InChI=1S/C23H23N5O6S/c1-15-8-9-19(24-14-15)35(30,31)27-22-20(34-18-7-5-4-6-17(18)32-2)23(33-3)26-21(25-22)16-10-12-28(29)13-11-16/h4-12,14,29H,13H2,1-3H3,(H,25,26,27). The molecule has 11 nitrogen and oxygen atoms in total. The van der Waals surface area contributed by atoms with Gasteiger partial charge in [0.25, 0.3) is 15.9 Å². The molecule has 1 aromatic carbocycles. The number of pyridine rings is 1. The molecule has 0 saturated carbocycles. The van der Waals surface area contributed by atoms with Crippen molar-refractivity contribution in [3.8, 4) is 23.1 Å². The highest BCUT2D eigenvalue weighted by Crippen LogP contribution is 2.41. The lowest BCUT2D eigenvalue weighted by atomic mass is 10.2. The van der Waals surface area contributed by atoms with E-state index in [0.717, 1.165) is 10.6 Å². The van der Waals surface area contributed by atoms with Gasteiger partial charge in [0.2, 0.25) is 5.75 Å². The van der Waals surface area contributed by atoms with Crippen molar-refractivity contribution in [1.82, 2.24) is 20.0 Å². The molecule has 0 fully saturated rings. The smallest absolute Gasteiger partial charge is 0.280 e. The van der Waals surface area contributed by atoms with Gasteiger partial charge in [-0.05, 0) is 36.8 Å². The number of aryl methyl sites for hydroxylation is 1. The number of rotatable bonds is 8. The van der Waals surface area contributed by atoms with E-state index in [1.165, 1.54) is 32.7 Å². The van der Waals surface area contributed by atoms with Crippen molar-refractivity contribution in [3.05, 3.63) is 72.3 Å². The van der Waals surface area contributed by atoms with Crippen LogP contribution in [-0.2, 0) is 10.0 Å². The third-order valence-electron chi connectivity index (χ3n) is 4.88. The van der Waals surface area contributed by atoms with Gasteiger partial charge in [0, 0.05) is 18.0 Å². The first-order valence-corrected chi connectivity index (χ1v) is 11.9. The van der Waals surface area contributed by atoms with E-state index in [9.17, 15) is 13.6 Å². The van der Waals surface area contributed by atoms with Crippen LogP contribution in [-0.4, -0.2) is 54.4 Å². The van der Waals surface area contributed by atoms with Crippen LogP contribution in [0.1, 0.15) is 11.4 Å². The maximum absolute atomic E-state index is 13.1. The Balaban J connectivity index is 1.84. The highest BCUT2D eigenvalue weighted by atomic mass is 32.2. The van der Waals surface area contributed by atoms with Crippen molar-refractivity contribution in [2.45, 2.75) is 11.9 Å². The Kier molecular flexibility index (Phi) is 6.85. The lowest BCUT2D eigenvalue weighted by Crippen LogP contribution is -2.18. The summed E-state index contributed by atoms with van der Waals surface area (Å²) in [7, 11) is -1.28. The van der Waals surface area contributed by atoms with E-state index >= 15 is 0 Å². The number of aromatic nitrogens is 3. The number of sulfonamides is 1. The van der Waals surface area contributed by atoms with E-state index in [2.05, 4.69) is 19.7 Å². The Hall–Kier alpha value is -4.16. The van der Waals surface area contributed by atoms with Gasteiger partial charge in [-0.2, -0.15) is 13.4 Å². The van der Waals surface area contributed by atoms with E-state index in [4.69, 9.17) is 14.2 Å². The van der Waals surface area contributed by atoms with Gasteiger partial charge >= 0.3 is 0 Å². The Morgan fingerprint density at radius 3 is 2.46 bits per heavy atom. The van der Waals surface area contributed by atoms with Crippen LogP contribution in [0.3, 0.4) is 0 Å². The van der Waals surface area contributed by atoms with Gasteiger partial charge in [0.1, 0.15) is 0 Å². The Labute approximate surface area is 202 Å². The zero-order valence-corrected chi connectivity index (χ0v) is 20.0. The number of para-hydroxylation sites is 2. The second-order valence-corrected chi connectivity index (χ2v) is 8.99. The van der Waals surface area contributed by atoms with Gasteiger partial charge in [0.15, 0.2) is 28.2 Å². The van der Waals surface area contributed by atoms with Gasteiger partial charge in [-0.15, -0.1) is 0 Å². The number of allylic oxidation sites excluding steroid dienone is 2. The number of hydrogen-bond acceptors (Lipinski definition) is 10. The Morgan fingerprint density at radius 2 is 1.83 bits per heavy atom. The molecule has 2 N–H and O–H groups in total. The van der Waals surface area contributed by atoms with Crippen molar-refractivity contribution in [2.75, 3.05) is 25.5 Å². The first kappa shape index (κ1) is 24.0. The molecule has 0 spiro atoms. The lowest BCUT2D eigenvalue weighted by Gasteiger charge is -2.19. The van der Waals surface area contributed by atoms with Crippen molar-refractivity contribution >= 4 is 21.4 Å². The first-order chi connectivity index (χ1) is 16.8. The predicted octanol–water partition coefficient (Wildman–Crippen LogP) is 3.39. The molecule has 0 amide bonds. The van der Waals surface area contributed by atoms with Crippen LogP contribution in [0.15, 0.2) is 66.0 Å². The molecule has 0 aliphatic carbocycles. The SMILES string of the molecule is COc1ccccc1Oc1c(NS(=O)(=O)c2ccc(C)cn2)nc(C2=CCN(O)C=C2)nc1OC. The molecule has 0 unspecified atom stereocenters. The number of benzene rings is 1. The average molecular weight is 498 g/mol. The van der Waals surface area contributed by atoms with Crippen molar-refractivity contribution in [3.63, 3.8) is 0 Å². The molecule has 0 saturated heterocycles. The summed E-state index contributed by atoms with van der Waals surface area (Å²) in [6.07, 6.45) is 6.14. The molecule has 3 aromatic rings. The summed E-state index contributed by atoms with van der Waals surface area (Å²) in [6, 6.07) is 9.86. The highest BCUT2D eigenvalue weighted by Gasteiger charge is 2.26. The minimum atomic E-state index is -4.15. The average Bonchev–Trinajstić information content (AvgIpc) is 2.85. The summed E-state index contributed by atoms with van der Waals surface area (Å²) >= 11 is 0. The molecule has 1 aliphatic rings. The fraction of sp³-hybridized carbons (Fsp3) is 0.174. The highest BCUT2D eigenvalue weighted by molar-refractivity contribution is 7.92. The van der Waals surface area contributed by atoms with Crippen molar-refractivity contribution in [2.24, 2.45) is 0 Å². The van der Waals surface area contributed by atoms with Crippen molar-refractivity contribution in [1.29, 1.82) is 0 Å². The fourth-order valence-corrected chi connectivity index (χ4v) is 4.05. The quantitative estimate of drug-likeness (QED) is 0.476. The number of methoxy groups -OCH3 is 2. The van der Waals surface area contributed by atoms with Gasteiger partial charge in [0.05, 0.1) is 20.8 Å². The van der Waals surface area contributed by atoms with E-state index in [1.807, 2.05) is 0 Å². The van der Waals surface area contributed by atoms with Gasteiger partial charge < -0.3 is 14.2 Å². The minimum Gasteiger partial charge on any atom is -0.493 e. The number of hydrogen-bond donors (Lipinski definition) is 2. The van der Waals surface area contributed by atoms with Crippen LogP contribution in [0.5, 0.6) is 23.1 Å². The van der Waals surface area contributed by atoms with E-state index in [-0.39, 0.29) is 34.8 Å². The third kappa shape index (κ3) is 5.34. The van der Waals surface area contributed by atoms with Gasteiger partial charge in [-0.25, -0.2) is 9.97 Å².